The van der Waals surface area contributed by atoms with E-state index in [0.717, 1.165) is 27.6 Å². The van der Waals surface area contributed by atoms with Gasteiger partial charge < -0.3 is 10.1 Å². The van der Waals surface area contributed by atoms with Crippen molar-refractivity contribution in [2.75, 3.05) is 0 Å². The fraction of sp³-hybridized carbons (Fsp3) is 0.125. The van der Waals surface area contributed by atoms with Gasteiger partial charge in [0, 0.05) is 35.9 Å². The van der Waals surface area contributed by atoms with Crippen molar-refractivity contribution in [3.8, 4) is 11.1 Å². The van der Waals surface area contributed by atoms with Crippen molar-refractivity contribution in [2.45, 2.75) is 12.8 Å². The van der Waals surface area contributed by atoms with Gasteiger partial charge in [-0.3, -0.25) is 9.78 Å². The number of carboxylic acids is 1. The Morgan fingerprint density at radius 3 is 2.70 bits per heavy atom. The molecule has 1 aromatic carbocycles. The van der Waals surface area contributed by atoms with Crippen molar-refractivity contribution in [3.63, 3.8) is 0 Å². The second-order valence-corrected chi connectivity index (χ2v) is 4.70. The van der Waals surface area contributed by atoms with Gasteiger partial charge in [0.05, 0.1) is 0 Å². The standard InChI is InChI=1S/C16H14N2O2/c19-16(20)4-2-13-10-18-15-9-12(1-3-14(13)15)11-5-7-17-8-6-11/h1,3,5-10,18H,2,4H2,(H,19,20). The molecule has 2 heterocycles. The lowest BCUT2D eigenvalue weighted by atomic mass is 10.0. The summed E-state index contributed by atoms with van der Waals surface area (Å²) in [6.45, 7) is 0. The molecule has 2 aromatic heterocycles. The number of hydrogen-bond acceptors (Lipinski definition) is 2. The largest absolute Gasteiger partial charge is 0.481 e. The zero-order chi connectivity index (χ0) is 13.9. The van der Waals surface area contributed by atoms with E-state index in [1.807, 2.05) is 24.4 Å². The van der Waals surface area contributed by atoms with Gasteiger partial charge >= 0.3 is 5.97 Å². The lowest BCUT2D eigenvalue weighted by Gasteiger charge is -2.02. The minimum absolute atomic E-state index is 0.152. The summed E-state index contributed by atoms with van der Waals surface area (Å²) in [5.74, 6) is -0.771. The quantitative estimate of drug-likeness (QED) is 0.761. The number of hydrogen-bond donors (Lipinski definition) is 2. The molecule has 0 spiro atoms. The third kappa shape index (κ3) is 2.40. The number of benzene rings is 1. The second-order valence-electron chi connectivity index (χ2n) is 4.70. The van der Waals surface area contributed by atoms with Gasteiger partial charge in [-0.25, -0.2) is 0 Å². The highest BCUT2D eigenvalue weighted by molar-refractivity contribution is 5.88. The highest BCUT2D eigenvalue weighted by atomic mass is 16.4. The summed E-state index contributed by atoms with van der Waals surface area (Å²) in [4.78, 5) is 17.9. The third-order valence-electron chi connectivity index (χ3n) is 3.39. The van der Waals surface area contributed by atoms with E-state index >= 15 is 0 Å². The van der Waals surface area contributed by atoms with Crippen molar-refractivity contribution in [1.29, 1.82) is 0 Å². The number of rotatable bonds is 4. The summed E-state index contributed by atoms with van der Waals surface area (Å²) < 4.78 is 0. The number of carbonyl (C=O) groups is 1. The van der Waals surface area contributed by atoms with Gasteiger partial charge in [0.15, 0.2) is 0 Å². The van der Waals surface area contributed by atoms with Crippen LogP contribution in [0, 0.1) is 0 Å². The topological polar surface area (TPSA) is 66.0 Å². The highest BCUT2D eigenvalue weighted by Crippen LogP contribution is 2.26. The Labute approximate surface area is 116 Å². The molecular formula is C16H14N2O2. The van der Waals surface area contributed by atoms with Crippen LogP contribution in [0.15, 0.2) is 48.9 Å². The first kappa shape index (κ1) is 12.4. The summed E-state index contributed by atoms with van der Waals surface area (Å²) in [5.41, 5.74) is 4.30. The molecule has 0 radical (unpaired) electrons. The van der Waals surface area contributed by atoms with Crippen LogP contribution in [0.2, 0.25) is 0 Å². The van der Waals surface area contributed by atoms with Gasteiger partial charge in [-0.1, -0.05) is 12.1 Å². The van der Waals surface area contributed by atoms with E-state index in [0.29, 0.717) is 6.42 Å². The Kier molecular flexibility index (Phi) is 3.21. The van der Waals surface area contributed by atoms with Crippen LogP contribution in [0.5, 0.6) is 0 Å². The van der Waals surface area contributed by atoms with E-state index < -0.39 is 5.97 Å². The Morgan fingerprint density at radius 2 is 1.95 bits per heavy atom. The van der Waals surface area contributed by atoms with Crippen molar-refractivity contribution in [3.05, 3.63) is 54.5 Å². The number of aromatic amines is 1. The smallest absolute Gasteiger partial charge is 0.303 e. The van der Waals surface area contributed by atoms with Crippen LogP contribution in [-0.2, 0) is 11.2 Å². The summed E-state index contributed by atoms with van der Waals surface area (Å²) in [5, 5.41) is 9.85. The Bertz CT molecular complexity index is 748. The molecule has 4 heteroatoms. The minimum Gasteiger partial charge on any atom is -0.481 e. The number of carboxylic acid groups (broad SMARTS) is 1. The van der Waals surface area contributed by atoms with Crippen LogP contribution in [0.3, 0.4) is 0 Å². The summed E-state index contributed by atoms with van der Waals surface area (Å²) >= 11 is 0. The van der Waals surface area contributed by atoms with Crippen molar-refractivity contribution >= 4 is 16.9 Å². The fourth-order valence-electron chi connectivity index (χ4n) is 2.36. The molecule has 0 saturated heterocycles. The number of nitrogens with zero attached hydrogens (tertiary/aromatic N) is 1. The third-order valence-corrected chi connectivity index (χ3v) is 3.39. The van der Waals surface area contributed by atoms with E-state index in [2.05, 4.69) is 22.1 Å². The predicted molar refractivity (Wildman–Crippen MR) is 77.5 cm³/mol. The van der Waals surface area contributed by atoms with Gasteiger partial charge in [0.25, 0.3) is 0 Å². The first-order valence-electron chi connectivity index (χ1n) is 6.46. The van der Waals surface area contributed by atoms with Crippen molar-refractivity contribution < 1.29 is 9.90 Å². The average Bonchev–Trinajstić information content (AvgIpc) is 2.88. The molecule has 3 rings (SSSR count). The molecule has 0 unspecified atom stereocenters. The molecular weight excluding hydrogens is 252 g/mol. The van der Waals surface area contributed by atoms with Gasteiger partial charge in [0.1, 0.15) is 0 Å². The zero-order valence-corrected chi connectivity index (χ0v) is 10.8. The Hall–Kier alpha value is -2.62. The van der Waals surface area contributed by atoms with Crippen LogP contribution in [0.25, 0.3) is 22.0 Å². The molecule has 4 nitrogen and oxygen atoms in total. The molecule has 0 amide bonds. The lowest BCUT2D eigenvalue weighted by Crippen LogP contribution is -1.96. The van der Waals surface area contributed by atoms with Gasteiger partial charge in [-0.05, 0) is 41.3 Å². The molecule has 3 aromatic rings. The number of H-pyrrole nitrogens is 1. The molecule has 0 saturated carbocycles. The summed E-state index contributed by atoms with van der Waals surface area (Å²) in [6.07, 6.45) is 6.13. The number of fused-ring (bicyclic) bond motifs is 1. The number of aliphatic carboxylic acids is 1. The number of aromatic nitrogens is 2. The predicted octanol–water partition coefficient (Wildman–Crippen LogP) is 3.25. The first-order chi connectivity index (χ1) is 9.74. The van der Waals surface area contributed by atoms with E-state index in [4.69, 9.17) is 5.11 Å². The maximum Gasteiger partial charge on any atom is 0.303 e. The van der Waals surface area contributed by atoms with Crippen LogP contribution in [-0.4, -0.2) is 21.0 Å². The lowest BCUT2D eigenvalue weighted by molar-refractivity contribution is -0.136. The van der Waals surface area contributed by atoms with Gasteiger partial charge in [0.2, 0.25) is 0 Å². The molecule has 0 aliphatic rings. The number of aryl methyl sites for hydroxylation is 1. The summed E-state index contributed by atoms with van der Waals surface area (Å²) in [6, 6.07) is 10.1. The summed E-state index contributed by atoms with van der Waals surface area (Å²) in [7, 11) is 0. The van der Waals surface area contributed by atoms with E-state index in [-0.39, 0.29) is 6.42 Å². The molecule has 2 N–H and O–H groups in total. The molecule has 0 aliphatic carbocycles. The molecule has 100 valence electrons. The first-order valence-corrected chi connectivity index (χ1v) is 6.46. The highest BCUT2D eigenvalue weighted by Gasteiger charge is 2.07. The van der Waals surface area contributed by atoms with E-state index in [1.165, 1.54) is 0 Å². The zero-order valence-electron chi connectivity index (χ0n) is 10.8. The second kappa shape index (κ2) is 5.17. The van der Waals surface area contributed by atoms with Gasteiger partial charge in [-0.15, -0.1) is 0 Å². The SMILES string of the molecule is O=C(O)CCc1c[nH]c2cc(-c3ccncc3)ccc12. The van der Waals surface area contributed by atoms with Crippen LogP contribution in [0.4, 0.5) is 0 Å². The average molecular weight is 266 g/mol. The Morgan fingerprint density at radius 1 is 1.15 bits per heavy atom. The number of pyridine rings is 1. The van der Waals surface area contributed by atoms with Crippen LogP contribution in [0.1, 0.15) is 12.0 Å². The molecule has 0 bridgehead atoms. The minimum atomic E-state index is -0.771. The van der Waals surface area contributed by atoms with Crippen molar-refractivity contribution in [2.24, 2.45) is 0 Å². The van der Waals surface area contributed by atoms with E-state index in [9.17, 15) is 4.79 Å². The van der Waals surface area contributed by atoms with Gasteiger partial charge in [-0.2, -0.15) is 0 Å². The van der Waals surface area contributed by atoms with Crippen LogP contribution < -0.4 is 0 Å². The van der Waals surface area contributed by atoms with Crippen LogP contribution >= 0.6 is 0 Å². The molecule has 0 fully saturated rings. The molecule has 0 atom stereocenters. The monoisotopic (exact) mass is 266 g/mol. The maximum atomic E-state index is 10.7. The van der Waals surface area contributed by atoms with Crippen molar-refractivity contribution in [1.82, 2.24) is 9.97 Å². The molecule has 0 aliphatic heterocycles. The normalized spacial score (nSPS) is 10.8. The maximum absolute atomic E-state index is 10.7. The number of nitrogens with one attached hydrogen (secondary N) is 1. The Balaban J connectivity index is 1.95. The van der Waals surface area contributed by atoms with E-state index in [1.54, 1.807) is 12.4 Å². The fourth-order valence-corrected chi connectivity index (χ4v) is 2.36. The molecule has 20 heavy (non-hydrogen) atoms.